The second-order valence-corrected chi connectivity index (χ2v) is 5.21. The molecule has 0 saturated heterocycles. The van der Waals surface area contributed by atoms with E-state index in [4.69, 9.17) is 23.2 Å². The minimum absolute atomic E-state index is 0.675. The predicted molar refractivity (Wildman–Crippen MR) is 79.8 cm³/mol. The van der Waals surface area contributed by atoms with E-state index in [-0.39, 0.29) is 0 Å². The summed E-state index contributed by atoms with van der Waals surface area (Å²) >= 11 is 12.0. The molecule has 0 aliphatic heterocycles. The number of hydrogen-bond acceptors (Lipinski definition) is 2. The zero-order chi connectivity index (χ0) is 13.7. The molecule has 0 spiro atoms. The summed E-state index contributed by atoms with van der Waals surface area (Å²) in [6.07, 6.45) is 4.84. The van der Waals surface area contributed by atoms with Crippen molar-refractivity contribution in [2.75, 3.05) is 6.54 Å². The van der Waals surface area contributed by atoms with Gasteiger partial charge in [-0.25, -0.2) is 0 Å². The van der Waals surface area contributed by atoms with Crippen LogP contribution < -0.4 is 5.32 Å². The average molecular weight is 298 g/mol. The van der Waals surface area contributed by atoms with E-state index in [1.807, 2.05) is 23.0 Å². The Bertz CT molecular complexity index is 537. The molecule has 2 rings (SSSR count). The van der Waals surface area contributed by atoms with Crippen molar-refractivity contribution in [1.29, 1.82) is 0 Å². The Labute approximate surface area is 123 Å². The highest BCUT2D eigenvalue weighted by Gasteiger charge is 2.01. The van der Waals surface area contributed by atoms with Gasteiger partial charge >= 0.3 is 0 Å². The lowest BCUT2D eigenvalue weighted by molar-refractivity contribution is 0.655. The fraction of sp³-hybridized carbons (Fsp3) is 0.357. The quantitative estimate of drug-likeness (QED) is 0.827. The third kappa shape index (κ3) is 4.23. The number of rotatable bonds is 6. The number of aromatic nitrogens is 2. The van der Waals surface area contributed by atoms with Crippen LogP contribution in [0.1, 0.15) is 18.1 Å². The molecule has 2 aromatic rings. The molecule has 1 N–H and O–H groups in total. The molecule has 0 fully saturated rings. The van der Waals surface area contributed by atoms with Gasteiger partial charge in [0.2, 0.25) is 0 Å². The predicted octanol–water partition coefficient (Wildman–Crippen LogP) is 3.54. The minimum Gasteiger partial charge on any atom is -0.312 e. The Kier molecular flexibility index (Phi) is 5.25. The first kappa shape index (κ1) is 14.4. The van der Waals surface area contributed by atoms with Gasteiger partial charge in [-0.15, -0.1) is 0 Å². The zero-order valence-electron chi connectivity index (χ0n) is 10.9. The SMILES string of the molecule is CCn1cc(CNCCc2ccc(Cl)cc2Cl)cn1. The molecule has 19 heavy (non-hydrogen) atoms. The Hall–Kier alpha value is -1.03. The smallest absolute Gasteiger partial charge is 0.0534 e. The molecule has 5 heteroatoms. The topological polar surface area (TPSA) is 29.9 Å². The molecule has 0 saturated carbocycles. The van der Waals surface area contributed by atoms with Crippen molar-refractivity contribution in [3.63, 3.8) is 0 Å². The van der Waals surface area contributed by atoms with Crippen LogP contribution in [-0.4, -0.2) is 16.3 Å². The van der Waals surface area contributed by atoms with Crippen LogP contribution in [0.3, 0.4) is 0 Å². The molecule has 0 bridgehead atoms. The van der Waals surface area contributed by atoms with Crippen LogP contribution in [0.25, 0.3) is 0 Å². The first-order valence-corrected chi connectivity index (χ1v) is 7.10. The van der Waals surface area contributed by atoms with Crippen LogP contribution >= 0.6 is 23.2 Å². The van der Waals surface area contributed by atoms with E-state index >= 15 is 0 Å². The lowest BCUT2D eigenvalue weighted by atomic mass is 10.1. The summed E-state index contributed by atoms with van der Waals surface area (Å²) in [5.41, 5.74) is 2.31. The van der Waals surface area contributed by atoms with Crippen molar-refractivity contribution in [2.24, 2.45) is 0 Å². The van der Waals surface area contributed by atoms with Crippen LogP contribution in [0.5, 0.6) is 0 Å². The van der Waals surface area contributed by atoms with E-state index in [0.29, 0.717) is 5.02 Å². The molecule has 1 heterocycles. The fourth-order valence-corrected chi connectivity index (χ4v) is 2.35. The summed E-state index contributed by atoms with van der Waals surface area (Å²) in [4.78, 5) is 0. The van der Waals surface area contributed by atoms with E-state index in [1.165, 1.54) is 5.56 Å². The van der Waals surface area contributed by atoms with Crippen molar-refractivity contribution >= 4 is 23.2 Å². The normalized spacial score (nSPS) is 10.9. The van der Waals surface area contributed by atoms with Crippen molar-refractivity contribution in [2.45, 2.75) is 26.4 Å². The van der Waals surface area contributed by atoms with Crippen LogP contribution in [0.2, 0.25) is 10.0 Å². The number of nitrogens with zero attached hydrogens (tertiary/aromatic N) is 2. The second-order valence-electron chi connectivity index (χ2n) is 4.37. The zero-order valence-corrected chi connectivity index (χ0v) is 12.4. The van der Waals surface area contributed by atoms with Gasteiger partial charge in [0.15, 0.2) is 0 Å². The van der Waals surface area contributed by atoms with Gasteiger partial charge < -0.3 is 5.32 Å². The van der Waals surface area contributed by atoms with Crippen molar-refractivity contribution in [1.82, 2.24) is 15.1 Å². The van der Waals surface area contributed by atoms with Crippen LogP contribution in [0, 0.1) is 0 Å². The van der Waals surface area contributed by atoms with Gasteiger partial charge in [-0.3, -0.25) is 4.68 Å². The Morgan fingerprint density at radius 1 is 1.32 bits per heavy atom. The standard InChI is InChI=1S/C14H17Cl2N3/c1-2-19-10-11(9-18-19)8-17-6-5-12-3-4-13(15)7-14(12)16/h3-4,7,9-10,17H,2,5-6,8H2,1H3. The third-order valence-corrected chi connectivity index (χ3v) is 3.51. The van der Waals surface area contributed by atoms with Gasteiger partial charge in [0.25, 0.3) is 0 Å². The van der Waals surface area contributed by atoms with Gasteiger partial charge in [0, 0.05) is 34.9 Å². The highest BCUT2D eigenvalue weighted by molar-refractivity contribution is 6.35. The van der Waals surface area contributed by atoms with E-state index in [1.54, 1.807) is 6.07 Å². The molecule has 102 valence electrons. The number of nitrogens with one attached hydrogen (secondary N) is 1. The second kappa shape index (κ2) is 6.94. The lowest BCUT2D eigenvalue weighted by Gasteiger charge is -2.06. The Morgan fingerprint density at radius 2 is 2.16 bits per heavy atom. The monoisotopic (exact) mass is 297 g/mol. The first-order valence-electron chi connectivity index (χ1n) is 6.35. The molecule has 3 nitrogen and oxygen atoms in total. The van der Waals surface area contributed by atoms with E-state index < -0.39 is 0 Å². The van der Waals surface area contributed by atoms with Gasteiger partial charge in [-0.2, -0.15) is 5.10 Å². The number of benzene rings is 1. The summed E-state index contributed by atoms with van der Waals surface area (Å²) < 4.78 is 1.92. The molecule has 0 amide bonds. The van der Waals surface area contributed by atoms with Gasteiger partial charge in [-0.05, 0) is 37.6 Å². The van der Waals surface area contributed by atoms with Crippen LogP contribution in [0.15, 0.2) is 30.6 Å². The molecule has 0 aliphatic carbocycles. The molecule has 0 unspecified atom stereocenters. The largest absolute Gasteiger partial charge is 0.312 e. The summed E-state index contributed by atoms with van der Waals surface area (Å²) in [5.74, 6) is 0. The average Bonchev–Trinajstić information content (AvgIpc) is 2.84. The first-order chi connectivity index (χ1) is 9.19. The van der Waals surface area contributed by atoms with Gasteiger partial charge in [0.05, 0.1) is 6.20 Å². The summed E-state index contributed by atoms with van der Waals surface area (Å²) in [6.45, 7) is 4.68. The van der Waals surface area contributed by atoms with Crippen molar-refractivity contribution in [3.05, 3.63) is 51.8 Å². The molecule has 1 aromatic carbocycles. The van der Waals surface area contributed by atoms with E-state index in [9.17, 15) is 0 Å². The molecular formula is C14H17Cl2N3. The number of hydrogen-bond donors (Lipinski definition) is 1. The maximum absolute atomic E-state index is 6.12. The Morgan fingerprint density at radius 3 is 2.84 bits per heavy atom. The molecule has 0 radical (unpaired) electrons. The lowest BCUT2D eigenvalue weighted by Crippen LogP contribution is -2.16. The molecule has 0 atom stereocenters. The highest BCUT2D eigenvalue weighted by Crippen LogP contribution is 2.21. The summed E-state index contributed by atoms with van der Waals surface area (Å²) in [6, 6.07) is 5.62. The maximum atomic E-state index is 6.12. The summed E-state index contributed by atoms with van der Waals surface area (Å²) in [7, 11) is 0. The maximum Gasteiger partial charge on any atom is 0.0534 e. The highest BCUT2D eigenvalue weighted by atomic mass is 35.5. The Balaban J connectivity index is 1.77. The van der Waals surface area contributed by atoms with E-state index in [2.05, 4.69) is 23.5 Å². The molecular weight excluding hydrogens is 281 g/mol. The van der Waals surface area contributed by atoms with E-state index in [0.717, 1.165) is 36.6 Å². The van der Waals surface area contributed by atoms with Gasteiger partial charge in [-0.1, -0.05) is 29.3 Å². The van der Waals surface area contributed by atoms with Crippen molar-refractivity contribution < 1.29 is 0 Å². The minimum atomic E-state index is 0.675. The molecule has 0 aliphatic rings. The van der Waals surface area contributed by atoms with Gasteiger partial charge in [0.1, 0.15) is 0 Å². The van der Waals surface area contributed by atoms with Crippen molar-refractivity contribution in [3.8, 4) is 0 Å². The number of halogens is 2. The van der Waals surface area contributed by atoms with Crippen LogP contribution in [0.4, 0.5) is 0 Å². The third-order valence-electron chi connectivity index (χ3n) is 2.93. The number of aryl methyl sites for hydroxylation is 1. The van der Waals surface area contributed by atoms with Crippen LogP contribution in [-0.2, 0) is 19.5 Å². The fourth-order valence-electron chi connectivity index (χ4n) is 1.85. The summed E-state index contributed by atoms with van der Waals surface area (Å²) in [5, 5.41) is 9.03. The molecule has 1 aromatic heterocycles.